The van der Waals surface area contributed by atoms with Crippen LogP contribution < -0.4 is 0 Å². The minimum atomic E-state index is -1.31. The molecule has 1 fully saturated rings. The Kier molecular flexibility index (Phi) is 4.45. The minimum Gasteiger partial charge on any atom is -0.392 e. The molecule has 11 heavy (non-hydrogen) atoms. The largest absolute Gasteiger partial charge is 0.392 e. The summed E-state index contributed by atoms with van der Waals surface area (Å²) in [5, 5.41) is 0. The van der Waals surface area contributed by atoms with Crippen LogP contribution in [0, 0.1) is 0 Å². The van der Waals surface area contributed by atoms with Crippen molar-refractivity contribution in [3.63, 3.8) is 0 Å². The molecule has 3 atom stereocenters. The van der Waals surface area contributed by atoms with Crippen LogP contribution in [0.2, 0.25) is 12.1 Å². The maximum Gasteiger partial charge on any atom is 0.256 e. The Morgan fingerprint density at radius 2 is 2.36 bits per heavy atom. The first-order chi connectivity index (χ1) is 5.24. The van der Waals surface area contributed by atoms with Gasteiger partial charge in [0.15, 0.2) is 0 Å². The molecule has 3 unspecified atom stereocenters. The molecule has 0 spiro atoms. The zero-order chi connectivity index (χ0) is 8.27. The van der Waals surface area contributed by atoms with Gasteiger partial charge < -0.3 is 4.43 Å². The third-order valence-corrected chi connectivity index (χ3v) is 14.5. The van der Waals surface area contributed by atoms with Gasteiger partial charge in [0.2, 0.25) is 0 Å². The summed E-state index contributed by atoms with van der Waals surface area (Å²) in [4.78, 5) is 0. The smallest absolute Gasteiger partial charge is 0.256 e. The summed E-state index contributed by atoms with van der Waals surface area (Å²) in [6, 6.07) is 2.66. The lowest BCUT2D eigenvalue weighted by Crippen LogP contribution is -2.40. The molecule has 0 aromatic rings. The standard InChI is InChI=1S/C6H14Cl2OSi2/c1-2-4-10-5-3-6(7)9-11(10)8/h6,10-11H,2-5H2,1H3. The molecule has 0 bridgehead atoms. The summed E-state index contributed by atoms with van der Waals surface area (Å²) in [6.07, 6.45) is 2.30. The third kappa shape index (κ3) is 3.07. The lowest BCUT2D eigenvalue weighted by atomic mass is 10.5. The molecule has 0 N–H and O–H groups in total. The highest BCUT2D eigenvalue weighted by atomic mass is 35.6. The van der Waals surface area contributed by atoms with Gasteiger partial charge in [0.25, 0.3) is 7.87 Å². The van der Waals surface area contributed by atoms with Crippen LogP contribution in [0.3, 0.4) is 0 Å². The van der Waals surface area contributed by atoms with Gasteiger partial charge in [-0.3, -0.25) is 0 Å². The first-order valence-corrected chi connectivity index (χ1v) is 11.1. The van der Waals surface area contributed by atoms with Gasteiger partial charge in [-0.25, -0.2) is 0 Å². The van der Waals surface area contributed by atoms with Crippen LogP contribution in [0.5, 0.6) is 0 Å². The molecule has 0 amide bonds. The van der Waals surface area contributed by atoms with Crippen LogP contribution in [0.1, 0.15) is 19.8 Å². The molecule has 0 aromatic heterocycles. The van der Waals surface area contributed by atoms with E-state index in [2.05, 4.69) is 6.92 Å². The predicted octanol–water partition coefficient (Wildman–Crippen LogP) is 2.15. The van der Waals surface area contributed by atoms with Crippen molar-refractivity contribution in [1.29, 1.82) is 0 Å². The molecule has 5 heteroatoms. The fraction of sp³-hybridized carbons (Fsp3) is 1.00. The normalized spacial score (nSPS) is 39.0. The summed E-state index contributed by atoms with van der Waals surface area (Å²) in [6.45, 7) is 2.22. The Morgan fingerprint density at radius 3 is 2.91 bits per heavy atom. The molecule has 1 rings (SSSR count). The van der Waals surface area contributed by atoms with Crippen molar-refractivity contribution in [2.24, 2.45) is 0 Å². The lowest BCUT2D eigenvalue weighted by molar-refractivity contribution is 0.287. The zero-order valence-corrected chi connectivity index (χ0v) is 10.5. The topological polar surface area (TPSA) is 9.23 Å². The van der Waals surface area contributed by atoms with E-state index in [1.807, 2.05) is 0 Å². The van der Waals surface area contributed by atoms with Crippen molar-refractivity contribution in [3.8, 4) is 0 Å². The van der Waals surface area contributed by atoms with Crippen molar-refractivity contribution in [2.75, 3.05) is 0 Å². The van der Waals surface area contributed by atoms with E-state index in [4.69, 9.17) is 27.1 Å². The van der Waals surface area contributed by atoms with E-state index in [0.29, 0.717) is 0 Å². The molecule has 0 aromatic carbocycles. The molecule has 1 heterocycles. The van der Waals surface area contributed by atoms with Gasteiger partial charge in [0, 0.05) is 0 Å². The number of hydrogen-bond donors (Lipinski definition) is 0. The van der Waals surface area contributed by atoms with Gasteiger partial charge in [-0.15, -0.1) is 11.1 Å². The number of hydrogen-bond acceptors (Lipinski definition) is 1. The van der Waals surface area contributed by atoms with Crippen LogP contribution in [0.25, 0.3) is 0 Å². The Bertz CT molecular complexity index is 125. The van der Waals surface area contributed by atoms with Crippen molar-refractivity contribution < 1.29 is 4.43 Å². The van der Waals surface area contributed by atoms with Gasteiger partial charge in [-0.05, 0) is 6.42 Å². The van der Waals surface area contributed by atoms with E-state index in [9.17, 15) is 0 Å². The number of alkyl halides is 1. The van der Waals surface area contributed by atoms with E-state index in [-0.39, 0.29) is 5.56 Å². The molecular weight excluding hydrogens is 215 g/mol. The fourth-order valence-electron chi connectivity index (χ4n) is 1.44. The van der Waals surface area contributed by atoms with Gasteiger partial charge >= 0.3 is 0 Å². The van der Waals surface area contributed by atoms with E-state index in [0.717, 1.165) is 6.42 Å². The van der Waals surface area contributed by atoms with E-state index in [1.165, 1.54) is 18.5 Å². The van der Waals surface area contributed by atoms with Gasteiger partial charge in [-0.2, -0.15) is 0 Å². The Hall–Kier alpha value is 0.974. The first kappa shape index (κ1) is 10.1. The highest BCUT2D eigenvalue weighted by molar-refractivity contribution is 7.40. The molecular formula is C6H14Cl2OSi2. The van der Waals surface area contributed by atoms with Crippen molar-refractivity contribution >= 4 is 38.9 Å². The van der Waals surface area contributed by atoms with E-state index in [1.54, 1.807) is 0 Å². The molecule has 1 aliphatic rings. The molecule has 0 saturated carbocycles. The predicted molar refractivity (Wildman–Crippen MR) is 55.4 cm³/mol. The van der Waals surface area contributed by atoms with Crippen LogP contribution in [0.4, 0.5) is 0 Å². The summed E-state index contributed by atoms with van der Waals surface area (Å²) < 4.78 is 5.48. The van der Waals surface area contributed by atoms with E-state index >= 15 is 0 Å². The Morgan fingerprint density at radius 1 is 1.64 bits per heavy atom. The van der Waals surface area contributed by atoms with Gasteiger partial charge in [-0.1, -0.05) is 37.0 Å². The van der Waals surface area contributed by atoms with E-state index < -0.39 is 16.2 Å². The fourth-order valence-corrected chi connectivity index (χ4v) is 12.5. The SMILES string of the molecule is CCC[SiH]1CCC(Cl)O[SiH]1Cl. The quantitative estimate of drug-likeness (QED) is 0.400. The summed E-state index contributed by atoms with van der Waals surface area (Å²) in [5.41, 5.74) is -0.0650. The number of rotatable bonds is 2. The summed E-state index contributed by atoms with van der Waals surface area (Å²) >= 11 is 12.0. The molecule has 1 aliphatic heterocycles. The van der Waals surface area contributed by atoms with Crippen LogP contribution in [-0.2, 0) is 4.43 Å². The molecule has 0 radical (unpaired) electrons. The van der Waals surface area contributed by atoms with Crippen molar-refractivity contribution in [2.45, 2.75) is 37.4 Å². The average molecular weight is 229 g/mol. The maximum absolute atomic E-state index is 6.15. The van der Waals surface area contributed by atoms with Crippen LogP contribution in [-0.4, -0.2) is 21.7 Å². The minimum absolute atomic E-state index is 0.0650. The number of halogens is 2. The van der Waals surface area contributed by atoms with Crippen molar-refractivity contribution in [1.82, 2.24) is 0 Å². The summed E-state index contributed by atoms with van der Waals surface area (Å²) in [5.74, 6) is 0. The Labute approximate surface area is 80.9 Å². The second-order valence-electron chi connectivity index (χ2n) is 3.02. The average Bonchev–Trinajstić information content (AvgIpc) is 1.95. The molecule has 66 valence electrons. The monoisotopic (exact) mass is 228 g/mol. The van der Waals surface area contributed by atoms with Crippen LogP contribution in [0.15, 0.2) is 0 Å². The third-order valence-electron chi connectivity index (χ3n) is 2.07. The highest BCUT2D eigenvalue weighted by Crippen LogP contribution is 2.24. The maximum atomic E-state index is 6.15. The molecule has 0 aliphatic carbocycles. The van der Waals surface area contributed by atoms with Crippen molar-refractivity contribution in [3.05, 3.63) is 0 Å². The Balaban J connectivity index is 2.31. The second kappa shape index (κ2) is 4.87. The molecule has 1 saturated heterocycles. The highest BCUT2D eigenvalue weighted by Gasteiger charge is 2.30. The lowest BCUT2D eigenvalue weighted by Gasteiger charge is -2.27. The zero-order valence-electron chi connectivity index (χ0n) is 6.72. The first-order valence-electron chi connectivity index (χ1n) is 4.17. The second-order valence-corrected chi connectivity index (χ2v) is 14.4. The molecule has 1 nitrogen and oxygen atoms in total. The van der Waals surface area contributed by atoms with Gasteiger partial charge in [0.1, 0.15) is 5.56 Å². The van der Waals surface area contributed by atoms with Gasteiger partial charge in [0.05, 0.1) is 8.31 Å². The van der Waals surface area contributed by atoms with Crippen LogP contribution >= 0.6 is 22.7 Å². The summed E-state index contributed by atoms with van der Waals surface area (Å²) in [7, 11) is -1.97.